The van der Waals surface area contributed by atoms with Gasteiger partial charge in [0, 0.05) is 18.1 Å². The van der Waals surface area contributed by atoms with Crippen LogP contribution < -0.4 is 0 Å². The lowest BCUT2D eigenvalue weighted by atomic mass is 10.1. The molecule has 26 heavy (non-hydrogen) atoms. The van der Waals surface area contributed by atoms with Crippen LogP contribution in [0.2, 0.25) is 0 Å². The number of aromatic nitrogens is 2. The predicted molar refractivity (Wildman–Crippen MR) is 93.4 cm³/mol. The van der Waals surface area contributed by atoms with Gasteiger partial charge in [0.15, 0.2) is 0 Å². The van der Waals surface area contributed by atoms with Gasteiger partial charge in [0.25, 0.3) is 0 Å². The van der Waals surface area contributed by atoms with E-state index in [1.54, 1.807) is 12.5 Å². The molecule has 2 aromatic rings. The SMILES string of the molecule is C/C(=N/N1CCOCC1)c1ccc(-n2ccnc2)cc1.O=C(O)C(=O)O. The van der Waals surface area contributed by atoms with Crippen LogP contribution in [0.1, 0.15) is 12.5 Å². The first-order chi connectivity index (χ1) is 12.5. The lowest BCUT2D eigenvalue weighted by Crippen LogP contribution is -2.33. The van der Waals surface area contributed by atoms with Crippen LogP contribution in [0.4, 0.5) is 0 Å². The summed E-state index contributed by atoms with van der Waals surface area (Å²) in [6.07, 6.45) is 5.51. The maximum atomic E-state index is 9.10. The average molecular weight is 360 g/mol. The molecule has 1 aromatic heterocycles. The topological polar surface area (TPSA) is 117 Å². The molecule has 1 fully saturated rings. The number of benzene rings is 1. The van der Waals surface area contributed by atoms with Crippen molar-refractivity contribution in [1.29, 1.82) is 0 Å². The quantitative estimate of drug-likeness (QED) is 0.621. The second-order valence-electron chi connectivity index (χ2n) is 5.38. The highest BCUT2D eigenvalue weighted by atomic mass is 16.5. The van der Waals surface area contributed by atoms with E-state index in [0.29, 0.717) is 0 Å². The zero-order chi connectivity index (χ0) is 18.9. The third kappa shape index (κ3) is 5.71. The molecule has 138 valence electrons. The van der Waals surface area contributed by atoms with Gasteiger partial charge in [0.05, 0.1) is 38.3 Å². The van der Waals surface area contributed by atoms with Crippen LogP contribution >= 0.6 is 0 Å². The number of ether oxygens (including phenoxy) is 1. The number of carboxylic acid groups (broad SMARTS) is 2. The Labute approximate surface area is 150 Å². The van der Waals surface area contributed by atoms with Crippen molar-refractivity contribution in [2.45, 2.75) is 6.92 Å². The van der Waals surface area contributed by atoms with Crippen LogP contribution in [-0.2, 0) is 14.3 Å². The summed E-state index contributed by atoms with van der Waals surface area (Å²) in [6, 6.07) is 8.34. The molecule has 3 rings (SSSR count). The molecule has 9 heteroatoms. The van der Waals surface area contributed by atoms with Crippen molar-refractivity contribution in [1.82, 2.24) is 14.6 Å². The number of imidazole rings is 1. The molecule has 0 saturated carbocycles. The molecule has 0 bridgehead atoms. The minimum atomic E-state index is -1.82. The van der Waals surface area contributed by atoms with Crippen molar-refractivity contribution in [3.8, 4) is 5.69 Å². The number of hydrogen-bond acceptors (Lipinski definition) is 6. The first-order valence-electron chi connectivity index (χ1n) is 7.90. The molecular formula is C17H20N4O5. The molecule has 1 saturated heterocycles. The molecule has 1 aromatic carbocycles. The third-order valence-corrected chi connectivity index (χ3v) is 3.55. The van der Waals surface area contributed by atoms with E-state index in [2.05, 4.69) is 39.4 Å². The number of aliphatic carboxylic acids is 2. The number of carbonyl (C=O) groups is 2. The summed E-state index contributed by atoms with van der Waals surface area (Å²) in [4.78, 5) is 22.3. The van der Waals surface area contributed by atoms with Gasteiger partial charge >= 0.3 is 11.9 Å². The maximum Gasteiger partial charge on any atom is 0.414 e. The first-order valence-corrected chi connectivity index (χ1v) is 7.90. The van der Waals surface area contributed by atoms with Crippen molar-refractivity contribution in [3.63, 3.8) is 0 Å². The van der Waals surface area contributed by atoms with Gasteiger partial charge in [-0.1, -0.05) is 12.1 Å². The number of hydrazone groups is 1. The second kappa shape index (κ2) is 9.33. The van der Waals surface area contributed by atoms with Crippen LogP contribution in [0, 0.1) is 0 Å². The Morgan fingerprint density at radius 3 is 2.23 bits per heavy atom. The standard InChI is InChI=1S/C15H18N4O.C2H2O4/c1-13(17-19-8-10-20-11-9-19)14-2-4-15(5-3-14)18-7-6-16-12-18;3-1(4)2(5)6/h2-7,12H,8-11H2,1H3;(H,3,4)(H,5,6)/b17-13-;. The van der Waals surface area contributed by atoms with E-state index in [9.17, 15) is 0 Å². The predicted octanol–water partition coefficient (Wildman–Crippen LogP) is 1.08. The van der Waals surface area contributed by atoms with Gasteiger partial charge in [-0.3, -0.25) is 5.01 Å². The van der Waals surface area contributed by atoms with E-state index in [1.165, 1.54) is 0 Å². The van der Waals surface area contributed by atoms with Crippen molar-refractivity contribution in [2.24, 2.45) is 5.10 Å². The minimum absolute atomic E-state index is 0.760. The normalized spacial score (nSPS) is 14.3. The molecule has 9 nitrogen and oxygen atoms in total. The monoisotopic (exact) mass is 360 g/mol. The van der Waals surface area contributed by atoms with Crippen LogP contribution in [-0.4, -0.2) is 68.7 Å². The van der Waals surface area contributed by atoms with Crippen molar-refractivity contribution >= 4 is 17.7 Å². The maximum absolute atomic E-state index is 9.10. The van der Waals surface area contributed by atoms with E-state index in [4.69, 9.17) is 24.5 Å². The largest absolute Gasteiger partial charge is 0.473 e. The molecule has 2 N–H and O–H groups in total. The van der Waals surface area contributed by atoms with Crippen LogP contribution in [0.25, 0.3) is 5.69 Å². The summed E-state index contributed by atoms with van der Waals surface area (Å²) in [5.41, 5.74) is 3.27. The Balaban J connectivity index is 0.000000352. The number of morpholine rings is 1. The molecule has 2 heterocycles. The highest BCUT2D eigenvalue weighted by Gasteiger charge is 2.08. The van der Waals surface area contributed by atoms with Gasteiger partial charge in [-0.25, -0.2) is 14.6 Å². The van der Waals surface area contributed by atoms with E-state index in [1.807, 2.05) is 17.7 Å². The van der Waals surface area contributed by atoms with E-state index >= 15 is 0 Å². The average Bonchev–Trinajstić information content (AvgIpc) is 3.18. The fourth-order valence-corrected chi connectivity index (χ4v) is 2.21. The van der Waals surface area contributed by atoms with Crippen molar-refractivity contribution in [2.75, 3.05) is 26.3 Å². The van der Waals surface area contributed by atoms with Crippen molar-refractivity contribution in [3.05, 3.63) is 48.5 Å². The molecule has 0 spiro atoms. The lowest BCUT2D eigenvalue weighted by molar-refractivity contribution is -0.159. The second-order valence-corrected chi connectivity index (χ2v) is 5.38. The molecule has 0 unspecified atom stereocenters. The lowest BCUT2D eigenvalue weighted by Gasteiger charge is -2.24. The number of carboxylic acids is 2. The van der Waals surface area contributed by atoms with E-state index < -0.39 is 11.9 Å². The van der Waals surface area contributed by atoms with Gasteiger partial charge in [-0.15, -0.1) is 0 Å². The number of hydrogen-bond donors (Lipinski definition) is 2. The Morgan fingerprint density at radius 1 is 1.12 bits per heavy atom. The fourth-order valence-electron chi connectivity index (χ4n) is 2.21. The van der Waals surface area contributed by atoms with Crippen LogP contribution in [0.3, 0.4) is 0 Å². The Morgan fingerprint density at radius 2 is 1.73 bits per heavy atom. The minimum Gasteiger partial charge on any atom is -0.473 e. The van der Waals surface area contributed by atoms with Gasteiger partial charge in [0.2, 0.25) is 0 Å². The summed E-state index contributed by atoms with van der Waals surface area (Å²) < 4.78 is 7.31. The van der Waals surface area contributed by atoms with Crippen molar-refractivity contribution < 1.29 is 24.5 Å². The summed E-state index contributed by atoms with van der Waals surface area (Å²) in [5, 5.41) is 21.5. The number of nitrogens with zero attached hydrogens (tertiary/aromatic N) is 4. The molecule has 1 aliphatic rings. The fraction of sp³-hybridized carbons (Fsp3) is 0.294. The summed E-state index contributed by atoms with van der Waals surface area (Å²) in [6.45, 7) is 5.29. The zero-order valence-corrected chi connectivity index (χ0v) is 14.3. The Kier molecular flexibility index (Phi) is 6.86. The van der Waals surface area contributed by atoms with Gasteiger partial charge in [-0.2, -0.15) is 5.10 Å². The number of rotatable bonds is 3. The summed E-state index contributed by atoms with van der Waals surface area (Å²) >= 11 is 0. The molecule has 0 aliphatic carbocycles. The smallest absolute Gasteiger partial charge is 0.414 e. The van der Waals surface area contributed by atoms with Gasteiger partial charge < -0.3 is 19.5 Å². The van der Waals surface area contributed by atoms with E-state index in [0.717, 1.165) is 43.3 Å². The van der Waals surface area contributed by atoms with Crippen LogP contribution in [0.15, 0.2) is 48.1 Å². The molecule has 0 amide bonds. The summed E-state index contributed by atoms with van der Waals surface area (Å²) in [5.74, 6) is -3.65. The Bertz CT molecular complexity index is 738. The zero-order valence-electron chi connectivity index (χ0n) is 14.3. The third-order valence-electron chi connectivity index (χ3n) is 3.55. The summed E-state index contributed by atoms with van der Waals surface area (Å²) in [7, 11) is 0. The molecule has 0 radical (unpaired) electrons. The van der Waals surface area contributed by atoms with Gasteiger partial charge in [0.1, 0.15) is 0 Å². The molecule has 0 atom stereocenters. The highest BCUT2D eigenvalue weighted by molar-refractivity contribution is 6.27. The highest BCUT2D eigenvalue weighted by Crippen LogP contribution is 2.11. The van der Waals surface area contributed by atoms with Crippen LogP contribution in [0.5, 0.6) is 0 Å². The van der Waals surface area contributed by atoms with E-state index in [-0.39, 0.29) is 0 Å². The molecule has 1 aliphatic heterocycles. The Hall–Kier alpha value is -3.20. The van der Waals surface area contributed by atoms with Gasteiger partial charge in [-0.05, 0) is 24.6 Å². The first kappa shape index (κ1) is 19.1. The molecular weight excluding hydrogens is 340 g/mol.